The molecule has 9 rings (SSSR count). The van der Waals surface area contributed by atoms with Crippen LogP contribution in [0, 0.1) is 24.0 Å². The molecule has 2 unspecified atom stereocenters. The molecule has 0 amide bonds. The number of piperazine rings is 1. The fourth-order valence-electron chi connectivity index (χ4n) is 8.53. The van der Waals surface area contributed by atoms with E-state index >= 15 is 4.39 Å². The highest BCUT2D eigenvalue weighted by Gasteiger charge is 2.41. The third-order valence-electron chi connectivity index (χ3n) is 11.2. The van der Waals surface area contributed by atoms with Crippen molar-refractivity contribution in [2.45, 2.75) is 82.0 Å². The van der Waals surface area contributed by atoms with Gasteiger partial charge >= 0.3 is 6.01 Å². The van der Waals surface area contributed by atoms with E-state index in [2.05, 4.69) is 38.1 Å². The number of aromatic nitrogens is 3. The van der Waals surface area contributed by atoms with Crippen molar-refractivity contribution in [1.29, 1.82) is 0 Å². The van der Waals surface area contributed by atoms with Crippen LogP contribution in [0.2, 0.25) is 0 Å². The fourth-order valence-corrected chi connectivity index (χ4v) is 8.87. The Morgan fingerprint density at radius 3 is 2.35 bits per heavy atom. The molecule has 0 spiro atoms. The third-order valence-corrected chi connectivity index (χ3v) is 11.7. The van der Waals surface area contributed by atoms with Crippen LogP contribution in [0.5, 0.6) is 6.01 Å². The molecule has 6 heterocycles. The largest absolute Gasteiger partial charge is 0.467 e. The molecule has 3 aromatic carbocycles. The van der Waals surface area contributed by atoms with E-state index in [9.17, 15) is 4.39 Å². The molecule has 4 aliphatic heterocycles. The Balaban J connectivity index is 0.000000198. The maximum absolute atomic E-state index is 16.1. The van der Waals surface area contributed by atoms with E-state index < -0.39 is 11.6 Å². The molecule has 9 nitrogen and oxygen atoms in total. The van der Waals surface area contributed by atoms with E-state index in [0.29, 0.717) is 51.7 Å². The van der Waals surface area contributed by atoms with E-state index in [-0.39, 0.29) is 29.4 Å². The zero-order chi connectivity index (χ0) is 39.1. The van der Waals surface area contributed by atoms with E-state index in [1.54, 1.807) is 54.7 Å². The first-order valence-electron chi connectivity index (χ1n) is 19.2. The molecular weight excluding hydrogens is 719 g/mol. The summed E-state index contributed by atoms with van der Waals surface area (Å²) in [5.41, 5.74) is 1.45. The molecule has 0 saturated carbocycles. The standard InChI is InChI=1S/C26H21F2N5O.C8H16N.C7H8O2S.C2H6/c1-3-17-20(27)10-7-14-5-4-6-18(21(14)17)23-22(28)24-19(11-29-23)25(32-26(31-24)34-2)33-12-15-8-9-16(13-33)30-15;1-9-6-2-4-8(9)5-3-7-9;8-5-6-2-1-3-7(4-6)10-9;1-2/h1,4-7,10-11,15-16,30H,8-9,12-13H2,2H3;8H,2-7H2,1H3;1-4,8-9H,5H2;1-2H3/q;+1;;. The Morgan fingerprint density at radius 2 is 1.71 bits per heavy atom. The predicted molar refractivity (Wildman–Crippen MR) is 217 cm³/mol. The van der Waals surface area contributed by atoms with Gasteiger partial charge in [-0.25, -0.2) is 8.78 Å². The van der Waals surface area contributed by atoms with Crippen LogP contribution >= 0.6 is 12.0 Å². The van der Waals surface area contributed by atoms with E-state index in [1.807, 2.05) is 13.8 Å². The first kappa shape index (κ1) is 40.3. The molecule has 4 fully saturated rings. The lowest BCUT2D eigenvalue weighted by Crippen LogP contribution is -2.51. The second kappa shape index (κ2) is 18.0. The smallest absolute Gasteiger partial charge is 0.318 e. The lowest BCUT2D eigenvalue weighted by Gasteiger charge is -2.34. The SMILES string of the molecule is C#Cc1c(F)ccc2cccc(-c3ncc4c(N5CC6CCC(C5)N6)nc(OC)nc4c3F)c12.CC.C[N+]12CCCC1CCC2.OCc1cccc(SO)c1. The van der Waals surface area contributed by atoms with Gasteiger partial charge in [-0.2, -0.15) is 9.97 Å². The van der Waals surface area contributed by atoms with E-state index in [1.165, 1.54) is 56.4 Å². The number of benzene rings is 3. The number of rotatable bonds is 5. The average Bonchev–Trinajstić information content (AvgIpc) is 3.90. The highest BCUT2D eigenvalue weighted by atomic mass is 32.2. The number of nitrogens with one attached hydrogen (secondary N) is 1. The van der Waals surface area contributed by atoms with Crippen molar-refractivity contribution in [3.8, 4) is 29.6 Å². The third kappa shape index (κ3) is 8.56. The number of quaternary nitrogens is 1. The number of hydrogen-bond donors (Lipinski definition) is 3. The number of fused-ring (bicyclic) bond motifs is 5. The molecule has 4 saturated heterocycles. The molecular formula is C43H51F2N6O3S+. The topological polar surface area (TPSA) is 104 Å². The summed E-state index contributed by atoms with van der Waals surface area (Å²) in [7, 11) is 3.89. The van der Waals surface area contributed by atoms with Crippen LogP contribution in [0.3, 0.4) is 0 Å². The van der Waals surface area contributed by atoms with Crippen LogP contribution in [0.15, 0.2) is 65.7 Å². The summed E-state index contributed by atoms with van der Waals surface area (Å²) in [6, 6.07) is 17.2. The first-order chi connectivity index (χ1) is 26.7. The fraction of sp³-hybridized carbons (Fsp3) is 0.419. The van der Waals surface area contributed by atoms with Gasteiger partial charge in [0.1, 0.15) is 22.8 Å². The molecule has 2 aromatic heterocycles. The Bertz CT molecular complexity index is 2120. The maximum atomic E-state index is 16.1. The Labute approximate surface area is 327 Å². The number of aliphatic hydroxyl groups excluding tert-OH is 1. The average molecular weight is 770 g/mol. The molecule has 0 aliphatic carbocycles. The molecule has 2 bridgehead atoms. The van der Waals surface area contributed by atoms with Gasteiger partial charge in [0.15, 0.2) is 5.82 Å². The normalized spacial score (nSPS) is 22.1. The van der Waals surface area contributed by atoms with Crippen molar-refractivity contribution in [3.05, 3.63) is 83.6 Å². The van der Waals surface area contributed by atoms with Crippen LogP contribution in [-0.4, -0.2) is 87.6 Å². The van der Waals surface area contributed by atoms with Crippen molar-refractivity contribution in [1.82, 2.24) is 20.3 Å². The highest BCUT2D eigenvalue weighted by molar-refractivity contribution is 7.93. The Hall–Kier alpha value is -4.38. The number of terminal acetylenes is 1. The van der Waals surface area contributed by atoms with Crippen LogP contribution in [0.25, 0.3) is 32.9 Å². The molecule has 12 heteroatoms. The number of hydrogen-bond acceptors (Lipinski definition) is 9. The Kier molecular flexibility index (Phi) is 13.2. The molecule has 0 radical (unpaired) electrons. The minimum atomic E-state index is -0.628. The van der Waals surface area contributed by atoms with Gasteiger partial charge in [0.2, 0.25) is 0 Å². The molecule has 55 heavy (non-hydrogen) atoms. The molecule has 290 valence electrons. The van der Waals surface area contributed by atoms with Crippen LogP contribution in [0.1, 0.15) is 63.5 Å². The molecule has 3 N–H and O–H groups in total. The van der Waals surface area contributed by atoms with Crippen molar-refractivity contribution in [2.24, 2.45) is 0 Å². The van der Waals surface area contributed by atoms with Crippen molar-refractivity contribution >= 4 is 39.5 Å². The minimum absolute atomic E-state index is 0.0222. The number of halogens is 2. The van der Waals surface area contributed by atoms with Gasteiger partial charge in [0.25, 0.3) is 0 Å². The summed E-state index contributed by atoms with van der Waals surface area (Å²) < 4.78 is 45.9. The number of methoxy groups -OCH3 is 1. The van der Waals surface area contributed by atoms with Crippen molar-refractivity contribution in [3.63, 3.8) is 0 Å². The summed E-state index contributed by atoms with van der Waals surface area (Å²) >= 11 is 0.687. The molecule has 5 aromatic rings. The summed E-state index contributed by atoms with van der Waals surface area (Å²) in [6.45, 7) is 8.48. The zero-order valence-electron chi connectivity index (χ0n) is 32.1. The van der Waals surface area contributed by atoms with Gasteiger partial charge in [-0.1, -0.05) is 56.2 Å². The first-order valence-corrected chi connectivity index (χ1v) is 20.0. The number of ether oxygens (including phenoxy) is 1. The number of nitrogens with zero attached hydrogens (tertiary/aromatic N) is 5. The number of aliphatic hydroxyl groups is 1. The summed E-state index contributed by atoms with van der Waals surface area (Å²) in [5, 5.41) is 13.9. The number of pyridine rings is 1. The van der Waals surface area contributed by atoms with Gasteiger partial charge < -0.3 is 29.1 Å². The Morgan fingerprint density at radius 1 is 1.00 bits per heavy atom. The summed E-state index contributed by atoms with van der Waals surface area (Å²) in [6.07, 6.45) is 15.4. The quantitative estimate of drug-likeness (QED) is 0.0928. The maximum Gasteiger partial charge on any atom is 0.318 e. The molecule has 4 aliphatic rings. The van der Waals surface area contributed by atoms with Gasteiger partial charge in [0.05, 0.1) is 50.8 Å². The molecule has 2 atom stereocenters. The van der Waals surface area contributed by atoms with Gasteiger partial charge in [-0.3, -0.25) is 4.98 Å². The van der Waals surface area contributed by atoms with E-state index in [4.69, 9.17) is 20.8 Å². The summed E-state index contributed by atoms with van der Waals surface area (Å²) in [4.78, 5) is 16.3. The van der Waals surface area contributed by atoms with Crippen LogP contribution in [0.4, 0.5) is 14.6 Å². The highest BCUT2D eigenvalue weighted by Crippen LogP contribution is 2.38. The van der Waals surface area contributed by atoms with Gasteiger partial charge in [-0.05, 0) is 42.0 Å². The summed E-state index contributed by atoms with van der Waals surface area (Å²) in [5.74, 6) is 1.84. The lowest BCUT2D eigenvalue weighted by atomic mass is 9.96. The lowest BCUT2D eigenvalue weighted by molar-refractivity contribution is -0.908. The second-order valence-electron chi connectivity index (χ2n) is 14.5. The minimum Gasteiger partial charge on any atom is -0.467 e. The monoisotopic (exact) mass is 769 g/mol. The van der Waals surface area contributed by atoms with Gasteiger partial charge in [0, 0.05) is 84.9 Å². The van der Waals surface area contributed by atoms with Crippen molar-refractivity contribution < 1.29 is 27.7 Å². The predicted octanol–water partition coefficient (Wildman–Crippen LogP) is 8.21. The zero-order valence-corrected chi connectivity index (χ0v) is 32.9. The number of anilines is 1. The van der Waals surface area contributed by atoms with Crippen molar-refractivity contribution in [2.75, 3.05) is 45.2 Å². The second-order valence-corrected chi connectivity index (χ2v) is 15.1. The van der Waals surface area contributed by atoms with Crippen LogP contribution in [-0.2, 0) is 6.61 Å². The van der Waals surface area contributed by atoms with E-state index in [0.717, 1.165) is 42.4 Å². The van der Waals surface area contributed by atoms with Gasteiger partial charge in [-0.15, -0.1) is 6.42 Å². The van der Waals surface area contributed by atoms with Crippen LogP contribution < -0.4 is 15.0 Å².